The zero-order chi connectivity index (χ0) is 23.2. The van der Waals surface area contributed by atoms with E-state index < -0.39 is 50.8 Å². The van der Waals surface area contributed by atoms with E-state index in [1.54, 1.807) is 0 Å². The molecule has 0 heterocycles. The number of hydrogen-bond donors (Lipinski definition) is 0. The van der Waals surface area contributed by atoms with E-state index in [-0.39, 0.29) is 26.3 Å². The lowest BCUT2D eigenvalue weighted by Gasteiger charge is -2.18. The SMILES string of the molecule is CS(=O)(=O)OCCN(/C=N/S(=O)(=O)c1ccc([N+](=O)[O-])c(Cl)c1)CCOS(C)(=O)=O. The van der Waals surface area contributed by atoms with Gasteiger partial charge in [-0.25, -0.2) is 0 Å². The molecular formula is C13H18ClN3O10S3. The Balaban J connectivity index is 3.00. The minimum Gasteiger partial charge on any atom is -0.357 e. The van der Waals surface area contributed by atoms with Crippen LogP contribution in [0.25, 0.3) is 0 Å². The Bertz CT molecular complexity index is 1080. The molecule has 0 aromatic heterocycles. The molecule has 0 radical (unpaired) electrons. The summed E-state index contributed by atoms with van der Waals surface area (Å²) in [7, 11) is -11.8. The van der Waals surface area contributed by atoms with Gasteiger partial charge in [0.15, 0.2) is 0 Å². The van der Waals surface area contributed by atoms with Gasteiger partial charge in [-0.1, -0.05) is 11.6 Å². The molecule has 0 aliphatic heterocycles. The van der Waals surface area contributed by atoms with Gasteiger partial charge in [0.25, 0.3) is 35.9 Å². The molecule has 1 aromatic carbocycles. The summed E-state index contributed by atoms with van der Waals surface area (Å²) in [6.45, 7) is -1.07. The molecule has 0 aliphatic rings. The van der Waals surface area contributed by atoms with Gasteiger partial charge >= 0.3 is 0 Å². The molecule has 17 heteroatoms. The van der Waals surface area contributed by atoms with Crippen molar-refractivity contribution in [2.45, 2.75) is 4.90 Å². The maximum Gasteiger partial charge on any atom is 0.287 e. The maximum atomic E-state index is 12.3. The largest absolute Gasteiger partial charge is 0.357 e. The van der Waals surface area contributed by atoms with Crippen LogP contribution in [0.2, 0.25) is 5.02 Å². The topological polar surface area (TPSA) is 180 Å². The van der Waals surface area contributed by atoms with E-state index in [1.807, 2.05) is 0 Å². The van der Waals surface area contributed by atoms with Crippen molar-refractivity contribution in [1.82, 2.24) is 4.90 Å². The second-order valence-corrected chi connectivity index (χ2v) is 11.0. The summed E-state index contributed by atoms with van der Waals surface area (Å²) in [5.41, 5.74) is -0.489. The smallest absolute Gasteiger partial charge is 0.287 e. The number of halogens is 1. The van der Waals surface area contributed by atoms with Crippen molar-refractivity contribution in [1.29, 1.82) is 0 Å². The number of benzene rings is 1. The normalized spacial score (nSPS) is 12.9. The first-order chi connectivity index (χ1) is 13.6. The summed E-state index contributed by atoms with van der Waals surface area (Å²) in [6, 6.07) is 2.71. The molecule has 0 amide bonds. The highest BCUT2D eigenvalue weighted by atomic mass is 35.5. The van der Waals surface area contributed by atoms with E-state index in [0.29, 0.717) is 0 Å². The molecule has 0 bridgehead atoms. The first-order valence-corrected chi connectivity index (χ1v) is 13.2. The monoisotopic (exact) mass is 507 g/mol. The van der Waals surface area contributed by atoms with Crippen LogP contribution in [0, 0.1) is 10.1 Å². The summed E-state index contributed by atoms with van der Waals surface area (Å²) in [5.74, 6) is 0. The molecule has 1 aromatic rings. The quantitative estimate of drug-likeness (QED) is 0.124. The molecule has 0 fully saturated rings. The molecule has 0 spiro atoms. The minimum absolute atomic E-state index is 0.166. The Kier molecular flexibility index (Phi) is 9.12. The Morgan fingerprint density at radius 2 is 1.57 bits per heavy atom. The fraction of sp³-hybridized carbons (Fsp3) is 0.462. The number of hydrogen-bond acceptors (Lipinski definition) is 10. The molecule has 0 unspecified atom stereocenters. The third-order valence-corrected chi connectivity index (χ3v) is 5.83. The van der Waals surface area contributed by atoms with E-state index in [2.05, 4.69) is 12.8 Å². The molecule has 0 aliphatic carbocycles. The first-order valence-electron chi connectivity index (χ1n) is 7.78. The van der Waals surface area contributed by atoms with Crippen molar-refractivity contribution in [3.63, 3.8) is 0 Å². The van der Waals surface area contributed by atoms with Crippen molar-refractivity contribution < 1.29 is 38.5 Å². The van der Waals surface area contributed by atoms with Crippen LogP contribution in [0.4, 0.5) is 5.69 Å². The number of nitro benzene ring substituents is 1. The molecule has 1 rings (SSSR count). The average molecular weight is 508 g/mol. The zero-order valence-corrected chi connectivity index (χ0v) is 18.9. The first kappa shape index (κ1) is 26.2. The van der Waals surface area contributed by atoms with Gasteiger partial charge in [-0.15, -0.1) is 4.40 Å². The van der Waals surface area contributed by atoms with Gasteiger partial charge < -0.3 is 4.90 Å². The summed E-state index contributed by atoms with van der Waals surface area (Å²) in [5, 5.41) is 10.4. The Labute approximate surface area is 178 Å². The Hall–Kier alpha value is -1.85. The van der Waals surface area contributed by atoms with Gasteiger partial charge in [0.05, 0.1) is 35.5 Å². The fourth-order valence-corrected chi connectivity index (χ4v) is 3.78. The van der Waals surface area contributed by atoms with Gasteiger partial charge in [0.1, 0.15) is 11.4 Å². The Morgan fingerprint density at radius 3 is 1.97 bits per heavy atom. The minimum atomic E-state index is -4.32. The third-order valence-electron chi connectivity index (χ3n) is 3.11. The number of nitro groups is 1. The van der Waals surface area contributed by atoms with Crippen LogP contribution in [0.3, 0.4) is 0 Å². The standard InChI is InChI=1S/C13H18ClN3O10S3/c1-28(20,21)26-7-5-16(6-8-27-29(2,22)23)10-15-30(24,25)11-3-4-13(17(18)19)12(14)9-11/h3-4,9-10H,5-8H2,1-2H3/b15-10+. The summed E-state index contributed by atoms with van der Waals surface area (Å²) >= 11 is 5.70. The van der Waals surface area contributed by atoms with Crippen molar-refractivity contribution in [3.8, 4) is 0 Å². The van der Waals surface area contributed by atoms with Crippen molar-refractivity contribution in [2.75, 3.05) is 38.8 Å². The highest BCUT2D eigenvalue weighted by Crippen LogP contribution is 2.27. The van der Waals surface area contributed by atoms with E-state index in [0.717, 1.165) is 41.9 Å². The van der Waals surface area contributed by atoms with E-state index in [4.69, 9.17) is 11.6 Å². The van der Waals surface area contributed by atoms with Crippen LogP contribution < -0.4 is 0 Å². The van der Waals surface area contributed by atoms with Crippen LogP contribution in [-0.4, -0.2) is 80.2 Å². The van der Waals surface area contributed by atoms with Crippen molar-refractivity contribution in [2.24, 2.45) is 4.40 Å². The zero-order valence-electron chi connectivity index (χ0n) is 15.7. The van der Waals surface area contributed by atoms with Gasteiger partial charge in [0, 0.05) is 19.2 Å². The van der Waals surface area contributed by atoms with Gasteiger partial charge in [0.2, 0.25) is 0 Å². The van der Waals surface area contributed by atoms with Crippen LogP contribution in [-0.2, 0) is 38.6 Å². The molecule has 0 N–H and O–H groups in total. The molecular weight excluding hydrogens is 490 g/mol. The maximum absolute atomic E-state index is 12.3. The predicted octanol–water partition coefficient (Wildman–Crippen LogP) is 0.220. The number of sulfonamides is 1. The Morgan fingerprint density at radius 1 is 1.07 bits per heavy atom. The molecule has 0 saturated carbocycles. The molecule has 170 valence electrons. The summed E-state index contributed by atoms with van der Waals surface area (Å²) < 4.78 is 81.3. The van der Waals surface area contributed by atoms with Crippen LogP contribution in [0.1, 0.15) is 0 Å². The lowest BCUT2D eigenvalue weighted by Crippen LogP contribution is -2.31. The van der Waals surface area contributed by atoms with Crippen molar-refractivity contribution >= 4 is 53.9 Å². The fourth-order valence-electron chi connectivity index (χ4n) is 1.82. The van der Waals surface area contributed by atoms with Crippen molar-refractivity contribution in [3.05, 3.63) is 33.3 Å². The highest BCUT2D eigenvalue weighted by Gasteiger charge is 2.19. The lowest BCUT2D eigenvalue weighted by atomic mass is 10.3. The summed E-state index contributed by atoms with van der Waals surface area (Å²) in [6.07, 6.45) is 2.46. The average Bonchev–Trinajstić information content (AvgIpc) is 2.56. The van der Waals surface area contributed by atoms with E-state index in [1.165, 1.54) is 0 Å². The van der Waals surface area contributed by atoms with Gasteiger partial charge in [-0.2, -0.15) is 25.3 Å². The van der Waals surface area contributed by atoms with E-state index in [9.17, 15) is 35.4 Å². The number of rotatable bonds is 12. The van der Waals surface area contributed by atoms with Gasteiger partial charge in [-0.3, -0.25) is 18.5 Å². The molecule has 0 atom stereocenters. The molecule has 0 saturated heterocycles. The molecule has 13 nitrogen and oxygen atoms in total. The molecule has 30 heavy (non-hydrogen) atoms. The van der Waals surface area contributed by atoms with Gasteiger partial charge in [-0.05, 0) is 12.1 Å². The number of nitrogens with zero attached hydrogens (tertiary/aromatic N) is 3. The van der Waals surface area contributed by atoms with E-state index >= 15 is 0 Å². The van der Waals surface area contributed by atoms with Crippen LogP contribution in [0.5, 0.6) is 0 Å². The lowest BCUT2D eigenvalue weighted by molar-refractivity contribution is -0.384. The second-order valence-electron chi connectivity index (χ2n) is 5.65. The van der Waals surface area contributed by atoms with Crippen LogP contribution >= 0.6 is 11.6 Å². The second kappa shape index (κ2) is 10.5. The van der Waals surface area contributed by atoms with Crippen LogP contribution in [0.15, 0.2) is 27.5 Å². The third kappa shape index (κ3) is 9.77. The summed E-state index contributed by atoms with van der Waals surface area (Å²) in [4.78, 5) is 10.7. The predicted molar refractivity (Wildman–Crippen MR) is 107 cm³/mol. The highest BCUT2D eigenvalue weighted by molar-refractivity contribution is 7.90.